The molecule has 0 amide bonds. The van der Waals surface area contributed by atoms with Crippen LogP contribution in [-0.4, -0.2) is 38.2 Å². The Kier molecular flexibility index (Phi) is 4.65. The molecular weight excluding hydrogens is 388 g/mol. The van der Waals surface area contributed by atoms with E-state index in [0.29, 0.717) is 41.7 Å². The van der Waals surface area contributed by atoms with Crippen molar-refractivity contribution >= 4 is 33.4 Å². The standard InChI is InChI=1S/C19H17ClN2O4S/c20-14-6-3-7-15(11-14)26-19(23)13-5-4-10-22(12-13)18-16-8-1-2-9-17(16)27(24,25)21-18/h1-3,6-9,11,13H,4-5,10,12H2. The number of benzene rings is 2. The first-order chi connectivity index (χ1) is 12.9. The highest BCUT2D eigenvalue weighted by Crippen LogP contribution is 2.30. The molecule has 1 fully saturated rings. The van der Waals surface area contributed by atoms with E-state index in [1.807, 2.05) is 4.90 Å². The molecule has 8 heteroatoms. The highest BCUT2D eigenvalue weighted by Gasteiger charge is 2.35. The first-order valence-corrected chi connectivity index (χ1v) is 10.4. The van der Waals surface area contributed by atoms with Crippen LogP contribution in [0.15, 0.2) is 57.8 Å². The summed E-state index contributed by atoms with van der Waals surface area (Å²) in [5, 5.41) is 0.493. The molecule has 1 atom stereocenters. The lowest BCUT2D eigenvalue weighted by Gasteiger charge is -2.32. The van der Waals surface area contributed by atoms with Gasteiger partial charge in [-0.2, -0.15) is 8.42 Å². The van der Waals surface area contributed by atoms with Crippen molar-refractivity contribution in [3.8, 4) is 5.75 Å². The molecule has 4 rings (SSSR count). The van der Waals surface area contributed by atoms with Crippen molar-refractivity contribution in [3.05, 3.63) is 59.1 Å². The van der Waals surface area contributed by atoms with E-state index >= 15 is 0 Å². The SMILES string of the molecule is O=C(Oc1cccc(Cl)c1)C1CCCN(C2=NS(=O)(=O)c3ccccc32)C1. The topological polar surface area (TPSA) is 76.0 Å². The van der Waals surface area contributed by atoms with Crippen LogP contribution < -0.4 is 4.74 Å². The molecule has 0 bridgehead atoms. The zero-order valence-electron chi connectivity index (χ0n) is 14.3. The molecule has 0 radical (unpaired) electrons. The smallest absolute Gasteiger partial charge is 0.316 e. The number of nitrogens with zero attached hydrogens (tertiary/aromatic N) is 2. The molecule has 0 N–H and O–H groups in total. The zero-order valence-corrected chi connectivity index (χ0v) is 15.9. The molecule has 27 heavy (non-hydrogen) atoms. The maximum Gasteiger partial charge on any atom is 0.316 e. The van der Waals surface area contributed by atoms with E-state index < -0.39 is 10.0 Å². The number of hydrogen-bond acceptors (Lipinski definition) is 5. The Morgan fingerprint density at radius 3 is 2.81 bits per heavy atom. The van der Waals surface area contributed by atoms with Crippen LogP contribution in [0.4, 0.5) is 0 Å². The van der Waals surface area contributed by atoms with E-state index in [2.05, 4.69) is 4.40 Å². The fourth-order valence-corrected chi connectivity index (χ4v) is 4.82. The highest BCUT2D eigenvalue weighted by molar-refractivity contribution is 7.90. The van der Waals surface area contributed by atoms with Gasteiger partial charge in [-0.15, -0.1) is 4.40 Å². The Morgan fingerprint density at radius 1 is 1.19 bits per heavy atom. The summed E-state index contributed by atoms with van der Waals surface area (Å²) in [7, 11) is -3.68. The number of likely N-dealkylation sites (tertiary alicyclic amines) is 1. The second-order valence-corrected chi connectivity index (χ2v) is 8.56. The number of halogens is 1. The number of sulfonamides is 1. The van der Waals surface area contributed by atoms with Crippen molar-refractivity contribution in [1.82, 2.24) is 4.90 Å². The second-order valence-electron chi connectivity index (χ2n) is 6.55. The van der Waals surface area contributed by atoms with Crippen LogP contribution in [0.2, 0.25) is 5.02 Å². The van der Waals surface area contributed by atoms with Gasteiger partial charge in [-0.1, -0.05) is 29.8 Å². The van der Waals surface area contributed by atoms with Crippen molar-refractivity contribution in [3.63, 3.8) is 0 Å². The number of hydrogen-bond donors (Lipinski definition) is 0. The quantitative estimate of drug-likeness (QED) is 0.567. The summed E-state index contributed by atoms with van der Waals surface area (Å²) in [5.74, 6) is 0.0919. The Bertz CT molecular complexity index is 1040. The fraction of sp³-hybridized carbons (Fsp3) is 0.263. The lowest BCUT2D eigenvalue weighted by atomic mass is 9.97. The summed E-state index contributed by atoms with van der Waals surface area (Å²) in [6.45, 7) is 1.01. The molecule has 2 aromatic carbocycles. The van der Waals surface area contributed by atoms with Crippen molar-refractivity contribution in [2.24, 2.45) is 10.3 Å². The normalized spacial score (nSPS) is 20.7. The van der Waals surface area contributed by atoms with Gasteiger partial charge >= 0.3 is 5.97 Å². The number of carbonyl (C=O) groups excluding carboxylic acids is 1. The molecule has 0 aromatic heterocycles. The molecule has 2 heterocycles. The third-order valence-corrected chi connectivity index (χ3v) is 6.24. The van der Waals surface area contributed by atoms with Gasteiger partial charge in [0, 0.05) is 23.7 Å². The van der Waals surface area contributed by atoms with Crippen LogP contribution in [0.3, 0.4) is 0 Å². The summed E-state index contributed by atoms with van der Waals surface area (Å²) in [6.07, 6.45) is 1.42. The number of esters is 1. The van der Waals surface area contributed by atoms with Gasteiger partial charge in [0.15, 0.2) is 5.84 Å². The average Bonchev–Trinajstić information content (AvgIpc) is 2.93. The number of fused-ring (bicyclic) bond motifs is 1. The summed E-state index contributed by atoms with van der Waals surface area (Å²) in [5.41, 5.74) is 0.585. The monoisotopic (exact) mass is 404 g/mol. The van der Waals surface area contributed by atoms with Crippen molar-refractivity contribution in [1.29, 1.82) is 0 Å². The minimum absolute atomic E-state index is 0.212. The number of ether oxygens (including phenoxy) is 1. The van der Waals surface area contributed by atoms with Crippen molar-refractivity contribution in [2.45, 2.75) is 17.7 Å². The van der Waals surface area contributed by atoms with Gasteiger partial charge in [0.2, 0.25) is 0 Å². The Balaban J connectivity index is 1.53. The molecule has 0 aliphatic carbocycles. The fourth-order valence-electron chi connectivity index (χ4n) is 3.41. The molecule has 1 unspecified atom stereocenters. The Hall–Kier alpha value is -2.38. The summed E-state index contributed by atoms with van der Waals surface area (Å²) < 4.78 is 33.9. The average molecular weight is 405 g/mol. The van der Waals surface area contributed by atoms with Gasteiger partial charge in [0.25, 0.3) is 10.0 Å². The lowest BCUT2D eigenvalue weighted by Crippen LogP contribution is -2.43. The number of piperidine rings is 1. The molecular formula is C19H17ClN2O4S. The van der Waals surface area contributed by atoms with Crippen molar-refractivity contribution < 1.29 is 17.9 Å². The van der Waals surface area contributed by atoms with Crippen LogP contribution in [-0.2, 0) is 14.8 Å². The molecule has 1 saturated heterocycles. The predicted molar refractivity (Wildman–Crippen MR) is 102 cm³/mol. The van der Waals surface area contributed by atoms with Crippen LogP contribution in [0, 0.1) is 5.92 Å². The molecule has 2 aliphatic heterocycles. The summed E-state index contributed by atoms with van der Waals surface area (Å²) in [6, 6.07) is 13.4. The van der Waals surface area contributed by atoms with Crippen LogP contribution >= 0.6 is 11.6 Å². The van der Waals surface area contributed by atoms with Gasteiger partial charge in [-0.25, -0.2) is 0 Å². The first kappa shape index (κ1) is 18.0. The Labute approximate surface area is 162 Å². The van der Waals surface area contributed by atoms with E-state index in [1.54, 1.807) is 48.5 Å². The second kappa shape index (κ2) is 6.98. The van der Waals surface area contributed by atoms with Crippen molar-refractivity contribution in [2.75, 3.05) is 13.1 Å². The van der Waals surface area contributed by atoms with Gasteiger partial charge < -0.3 is 9.64 Å². The van der Waals surface area contributed by atoms with Gasteiger partial charge in [0.1, 0.15) is 10.6 Å². The highest BCUT2D eigenvalue weighted by atomic mass is 35.5. The Morgan fingerprint density at radius 2 is 2.00 bits per heavy atom. The van der Waals surface area contributed by atoms with Gasteiger partial charge in [-0.3, -0.25) is 4.79 Å². The number of rotatable bonds is 2. The first-order valence-electron chi connectivity index (χ1n) is 8.60. The van der Waals surface area contributed by atoms with Gasteiger partial charge in [-0.05, 0) is 43.2 Å². The molecule has 0 saturated carbocycles. The number of amidine groups is 1. The van der Waals surface area contributed by atoms with E-state index in [-0.39, 0.29) is 16.8 Å². The number of carbonyl (C=O) groups is 1. The maximum atomic E-state index is 12.6. The molecule has 140 valence electrons. The van der Waals surface area contributed by atoms with E-state index in [0.717, 1.165) is 6.42 Å². The van der Waals surface area contributed by atoms with Gasteiger partial charge in [0.05, 0.1) is 5.92 Å². The maximum absolute atomic E-state index is 12.6. The van der Waals surface area contributed by atoms with E-state index in [4.69, 9.17) is 16.3 Å². The molecule has 6 nitrogen and oxygen atoms in total. The zero-order chi connectivity index (χ0) is 19.0. The molecule has 2 aromatic rings. The summed E-state index contributed by atoms with van der Waals surface area (Å²) in [4.78, 5) is 14.6. The minimum atomic E-state index is -3.68. The minimum Gasteiger partial charge on any atom is -0.426 e. The lowest BCUT2D eigenvalue weighted by molar-refractivity contribution is -0.140. The third-order valence-electron chi connectivity index (χ3n) is 4.68. The van der Waals surface area contributed by atoms with Crippen LogP contribution in [0.25, 0.3) is 0 Å². The molecule has 2 aliphatic rings. The summed E-state index contributed by atoms with van der Waals surface area (Å²) >= 11 is 5.93. The van der Waals surface area contributed by atoms with Crippen LogP contribution in [0.1, 0.15) is 18.4 Å². The van der Waals surface area contributed by atoms with E-state index in [9.17, 15) is 13.2 Å². The van der Waals surface area contributed by atoms with E-state index in [1.165, 1.54) is 0 Å². The van der Waals surface area contributed by atoms with Crippen LogP contribution in [0.5, 0.6) is 5.75 Å². The molecule has 0 spiro atoms. The predicted octanol–water partition coefficient (Wildman–Crippen LogP) is 3.11. The third kappa shape index (κ3) is 3.57. The largest absolute Gasteiger partial charge is 0.426 e.